The van der Waals surface area contributed by atoms with E-state index in [-0.39, 0.29) is 16.5 Å². The lowest BCUT2D eigenvalue weighted by Crippen LogP contribution is -2.29. The van der Waals surface area contributed by atoms with Crippen LogP contribution in [0.3, 0.4) is 0 Å². The molecule has 9 heteroatoms. The molecule has 1 unspecified atom stereocenters. The Morgan fingerprint density at radius 3 is 2.51 bits per heavy atom. The number of aliphatic hydroxyl groups is 1. The molecule has 4 aromatic rings. The van der Waals surface area contributed by atoms with E-state index in [1.807, 2.05) is 6.92 Å². The van der Waals surface area contributed by atoms with Crippen molar-refractivity contribution in [3.63, 3.8) is 0 Å². The van der Waals surface area contributed by atoms with Crippen LogP contribution in [0.1, 0.15) is 24.1 Å². The van der Waals surface area contributed by atoms with Crippen molar-refractivity contribution in [3.8, 4) is 5.75 Å². The molecule has 1 aliphatic rings. The Labute approximate surface area is 208 Å². The van der Waals surface area contributed by atoms with Crippen LogP contribution in [0.15, 0.2) is 72.3 Å². The fourth-order valence-corrected chi connectivity index (χ4v) is 5.15. The van der Waals surface area contributed by atoms with Gasteiger partial charge >= 0.3 is 5.91 Å². The van der Waals surface area contributed by atoms with Crippen LogP contribution in [-0.4, -0.2) is 28.4 Å². The van der Waals surface area contributed by atoms with Crippen molar-refractivity contribution in [1.29, 1.82) is 0 Å². The van der Waals surface area contributed by atoms with E-state index in [1.54, 1.807) is 48.5 Å². The van der Waals surface area contributed by atoms with E-state index in [1.165, 1.54) is 23.1 Å². The third-order valence-electron chi connectivity index (χ3n) is 5.61. The molecule has 1 N–H and O–H groups in total. The van der Waals surface area contributed by atoms with Crippen molar-refractivity contribution in [2.45, 2.75) is 13.0 Å². The molecular weight excluding hydrogens is 491 g/mol. The smallest absolute Gasteiger partial charge is 0.301 e. The number of rotatable bonds is 5. The lowest BCUT2D eigenvalue weighted by atomic mass is 9.95. The Balaban J connectivity index is 1.68. The molecule has 1 atom stereocenters. The molecule has 1 fully saturated rings. The van der Waals surface area contributed by atoms with Gasteiger partial charge in [0.15, 0.2) is 5.13 Å². The first kappa shape index (κ1) is 23.0. The maximum atomic E-state index is 13.8. The number of benzene rings is 3. The summed E-state index contributed by atoms with van der Waals surface area (Å²) in [5, 5.41) is 11.9. The number of carbonyl (C=O) groups is 2. The van der Waals surface area contributed by atoms with Crippen molar-refractivity contribution in [1.82, 2.24) is 4.98 Å². The minimum absolute atomic E-state index is 0.0769. The third-order valence-corrected chi connectivity index (χ3v) is 6.88. The van der Waals surface area contributed by atoms with E-state index in [9.17, 15) is 19.1 Å². The second kappa shape index (κ2) is 9.13. The number of amides is 1. The van der Waals surface area contributed by atoms with E-state index in [0.29, 0.717) is 38.7 Å². The number of nitrogens with zero attached hydrogens (tertiary/aromatic N) is 2. The fraction of sp³-hybridized carbons (Fsp3) is 0.115. The van der Waals surface area contributed by atoms with Gasteiger partial charge < -0.3 is 9.84 Å². The van der Waals surface area contributed by atoms with Crippen molar-refractivity contribution >= 4 is 55.7 Å². The molecule has 1 saturated heterocycles. The molecule has 1 aliphatic heterocycles. The summed E-state index contributed by atoms with van der Waals surface area (Å²) in [4.78, 5) is 32.2. The van der Waals surface area contributed by atoms with Gasteiger partial charge in [-0.25, -0.2) is 9.37 Å². The zero-order valence-corrected chi connectivity index (χ0v) is 19.9. The van der Waals surface area contributed by atoms with E-state index < -0.39 is 23.5 Å². The average molecular weight is 509 g/mol. The predicted octanol–water partition coefficient (Wildman–Crippen LogP) is 6.11. The Morgan fingerprint density at radius 1 is 1.11 bits per heavy atom. The highest BCUT2D eigenvalue weighted by atomic mass is 35.5. The maximum Gasteiger partial charge on any atom is 0.301 e. The first-order valence-corrected chi connectivity index (χ1v) is 11.9. The molecule has 0 aliphatic carbocycles. The molecule has 2 heterocycles. The number of hydrogen-bond acceptors (Lipinski definition) is 6. The zero-order chi connectivity index (χ0) is 24.7. The summed E-state index contributed by atoms with van der Waals surface area (Å²) in [6, 6.07) is 16.4. The van der Waals surface area contributed by atoms with Crippen LogP contribution < -0.4 is 9.64 Å². The molecule has 176 valence electrons. The topological polar surface area (TPSA) is 79.7 Å². The summed E-state index contributed by atoms with van der Waals surface area (Å²) < 4.78 is 19.7. The van der Waals surface area contributed by atoms with E-state index in [4.69, 9.17) is 16.3 Å². The number of hydrogen-bond donors (Lipinski definition) is 1. The summed E-state index contributed by atoms with van der Waals surface area (Å²) in [7, 11) is 0. The minimum atomic E-state index is -0.954. The van der Waals surface area contributed by atoms with Crippen molar-refractivity contribution < 1.29 is 23.8 Å². The number of Topliss-reactive ketones (excluding diaryl/α,β-unsaturated/α-hetero) is 1. The SMILES string of the molecule is CCOc1ccc(/C(O)=C2\C(=O)C(=O)N(c3nc4ccc(F)cc4s3)C2c2ccc(Cl)cc2)cc1. The number of fused-ring (bicyclic) bond motifs is 1. The molecule has 1 amide bonds. The first-order valence-electron chi connectivity index (χ1n) is 10.7. The van der Waals surface area contributed by atoms with Crippen LogP contribution in [0.25, 0.3) is 16.0 Å². The highest BCUT2D eigenvalue weighted by molar-refractivity contribution is 7.22. The van der Waals surface area contributed by atoms with E-state index in [0.717, 1.165) is 11.3 Å². The number of aromatic nitrogens is 1. The molecule has 6 nitrogen and oxygen atoms in total. The Bertz CT molecular complexity index is 1480. The zero-order valence-electron chi connectivity index (χ0n) is 18.4. The van der Waals surface area contributed by atoms with Gasteiger partial charge in [-0.05, 0) is 67.1 Å². The summed E-state index contributed by atoms with van der Waals surface area (Å²) in [6.07, 6.45) is 0. The molecule has 35 heavy (non-hydrogen) atoms. The molecule has 0 radical (unpaired) electrons. The standard InChI is InChI=1S/C26H18ClFN2O4S/c1-2-34-18-10-5-15(6-11-18)23(31)21-22(14-3-7-16(27)8-4-14)30(25(33)24(21)32)26-29-19-12-9-17(28)13-20(19)35-26/h3-13,22,31H,2H2,1H3/b23-21+. The normalized spacial score (nSPS) is 17.3. The molecule has 0 bridgehead atoms. The van der Waals surface area contributed by atoms with Crippen LogP contribution >= 0.6 is 22.9 Å². The number of carbonyl (C=O) groups excluding carboxylic acids is 2. The van der Waals surface area contributed by atoms with Gasteiger partial charge in [0.2, 0.25) is 0 Å². The van der Waals surface area contributed by atoms with Crippen LogP contribution in [0.4, 0.5) is 9.52 Å². The van der Waals surface area contributed by atoms with Crippen molar-refractivity contribution in [2.75, 3.05) is 11.5 Å². The van der Waals surface area contributed by atoms with Gasteiger partial charge in [0, 0.05) is 10.6 Å². The first-order chi connectivity index (χ1) is 16.9. The van der Waals surface area contributed by atoms with Gasteiger partial charge in [-0.3, -0.25) is 14.5 Å². The quantitative estimate of drug-likeness (QED) is 0.200. The van der Waals surface area contributed by atoms with Crippen LogP contribution in [-0.2, 0) is 9.59 Å². The second-order valence-electron chi connectivity index (χ2n) is 7.79. The Hall–Kier alpha value is -3.75. The van der Waals surface area contributed by atoms with E-state index in [2.05, 4.69) is 4.98 Å². The number of halogens is 2. The number of aliphatic hydroxyl groups excluding tert-OH is 1. The van der Waals surface area contributed by atoms with Gasteiger partial charge in [0.25, 0.3) is 5.78 Å². The number of thiazole rings is 1. The van der Waals surface area contributed by atoms with Crippen molar-refractivity contribution in [2.24, 2.45) is 0 Å². The number of ether oxygens (including phenoxy) is 1. The molecule has 1 aromatic heterocycles. The summed E-state index contributed by atoms with van der Waals surface area (Å²) in [5.41, 5.74) is 1.34. The van der Waals surface area contributed by atoms with E-state index >= 15 is 0 Å². The highest BCUT2D eigenvalue weighted by Gasteiger charge is 2.48. The van der Waals surface area contributed by atoms with Gasteiger partial charge in [-0.2, -0.15) is 0 Å². The largest absolute Gasteiger partial charge is 0.507 e. The molecule has 5 rings (SSSR count). The molecule has 0 spiro atoms. The number of ketones is 1. The molecule has 0 saturated carbocycles. The average Bonchev–Trinajstić information content (AvgIpc) is 3.37. The second-order valence-corrected chi connectivity index (χ2v) is 9.23. The summed E-state index contributed by atoms with van der Waals surface area (Å²) in [6.45, 7) is 2.34. The third kappa shape index (κ3) is 4.15. The lowest BCUT2D eigenvalue weighted by molar-refractivity contribution is -0.132. The minimum Gasteiger partial charge on any atom is -0.507 e. The van der Waals surface area contributed by atoms with Gasteiger partial charge in [0.05, 0.1) is 28.4 Å². The molecule has 3 aromatic carbocycles. The molecular formula is C26H18ClFN2O4S. The lowest BCUT2D eigenvalue weighted by Gasteiger charge is -2.23. The highest BCUT2D eigenvalue weighted by Crippen LogP contribution is 2.44. The van der Waals surface area contributed by atoms with Crippen LogP contribution in [0.2, 0.25) is 5.02 Å². The summed E-state index contributed by atoms with van der Waals surface area (Å²) >= 11 is 7.15. The fourth-order valence-electron chi connectivity index (χ4n) is 4.01. The monoisotopic (exact) mass is 508 g/mol. The Morgan fingerprint density at radius 2 is 1.83 bits per heavy atom. The van der Waals surface area contributed by atoms with Gasteiger partial charge in [-0.1, -0.05) is 35.1 Å². The van der Waals surface area contributed by atoms with Crippen molar-refractivity contribution in [3.05, 3.63) is 94.3 Å². The Kier molecular flexibility index (Phi) is 6.00. The maximum absolute atomic E-state index is 13.8. The summed E-state index contributed by atoms with van der Waals surface area (Å²) in [5.74, 6) is -1.82. The number of anilines is 1. The predicted molar refractivity (Wildman–Crippen MR) is 133 cm³/mol. The van der Waals surface area contributed by atoms with Crippen LogP contribution in [0, 0.1) is 5.82 Å². The van der Waals surface area contributed by atoms with Gasteiger partial charge in [0.1, 0.15) is 17.3 Å². The van der Waals surface area contributed by atoms with Crippen LogP contribution in [0.5, 0.6) is 5.75 Å². The van der Waals surface area contributed by atoms with Gasteiger partial charge in [-0.15, -0.1) is 0 Å².